The molecule has 18 heavy (non-hydrogen) atoms. The van der Waals surface area contributed by atoms with Gasteiger partial charge in [-0.15, -0.1) is 0 Å². The van der Waals surface area contributed by atoms with Gasteiger partial charge in [-0.3, -0.25) is 4.79 Å². The minimum atomic E-state index is -0.832. The molecule has 0 heterocycles. The topological polar surface area (TPSA) is 46.5 Å². The van der Waals surface area contributed by atoms with Crippen LogP contribution in [0.25, 0.3) is 0 Å². The summed E-state index contributed by atoms with van der Waals surface area (Å²) in [5.41, 5.74) is -0.646. The van der Waals surface area contributed by atoms with E-state index in [0.29, 0.717) is 0 Å². The Morgan fingerprint density at radius 2 is 1.89 bits per heavy atom. The van der Waals surface area contributed by atoms with E-state index in [-0.39, 0.29) is 6.42 Å². The molecule has 0 fully saturated rings. The van der Waals surface area contributed by atoms with Crippen LogP contribution in [0.1, 0.15) is 59.8 Å². The van der Waals surface area contributed by atoms with Gasteiger partial charge in [0.1, 0.15) is 5.60 Å². The largest absolute Gasteiger partial charge is 0.492 e. The van der Waals surface area contributed by atoms with Gasteiger partial charge >= 0.3 is 5.97 Å². The molecule has 3 nitrogen and oxygen atoms in total. The predicted molar refractivity (Wildman–Crippen MR) is 74.5 cm³/mol. The number of aliphatic carboxylic acids is 1. The minimum Gasteiger partial charge on any atom is -0.492 e. The van der Waals surface area contributed by atoms with Crippen molar-refractivity contribution in [3.05, 3.63) is 24.0 Å². The third-order valence-corrected chi connectivity index (χ3v) is 2.44. The summed E-state index contributed by atoms with van der Waals surface area (Å²) in [6.07, 6.45) is 10.2. The van der Waals surface area contributed by atoms with Crippen molar-refractivity contribution >= 4 is 5.97 Å². The Balaban J connectivity index is 4.27. The van der Waals surface area contributed by atoms with Gasteiger partial charge in [0.15, 0.2) is 0 Å². The van der Waals surface area contributed by atoms with Crippen LogP contribution >= 0.6 is 0 Å². The lowest BCUT2D eigenvalue weighted by atomic mass is 10.1. The van der Waals surface area contributed by atoms with Gasteiger partial charge in [-0.05, 0) is 39.2 Å². The molecule has 0 bridgehead atoms. The Morgan fingerprint density at radius 1 is 1.22 bits per heavy atom. The smallest absolute Gasteiger partial charge is 0.307 e. The number of carboxylic acid groups (broad SMARTS) is 1. The fourth-order valence-corrected chi connectivity index (χ4v) is 1.64. The molecule has 0 unspecified atom stereocenters. The van der Waals surface area contributed by atoms with Crippen LogP contribution in [0.5, 0.6) is 0 Å². The van der Waals surface area contributed by atoms with Crippen LogP contribution in [-0.2, 0) is 9.53 Å². The maximum Gasteiger partial charge on any atom is 0.307 e. The predicted octanol–water partition coefficient (Wildman–Crippen LogP) is 4.30. The lowest BCUT2D eigenvalue weighted by molar-refractivity contribution is -0.142. The molecule has 3 heteroatoms. The second-order valence-corrected chi connectivity index (χ2v) is 4.91. The van der Waals surface area contributed by atoms with Gasteiger partial charge in [0, 0.05) is 6.42 Å². The molecule has 0 saturated carbocycles. The fraction of sp³-hybridized carbons (Fsp3) is 0.667. The van der Waals surface area contributed by atoms with E-state index in [1.54, 1.807) is 0 Å². The Bertz CT molecular complexity index is 301. The molecule has 0 saturated heterocycles. The summed E-state index contributed by atoms with van der Waals surface area (Å²) in [5, 5.41) is 8.80. The molecular formula is C15H26O3. The lowest BCUT2D eigenvalue weighted by Gasteiger charge is -2.26. The number of ether oxygens (including phenoxy) is 1. The van der Waals surface area contributed by atoms with Crippen molar-refractivity contribution in [2.24, 2.45) is 0 Å². The average Bonchev–Trinajstić information content (AvgIpc) is 2.25. The summed E-state index contributed by atoms with van der Waals surface area (Å²) in [4.78, 5) is 10.7. The highest BCUT2D eigenvalue weighted by Crippen LogP contribution is 2.21. The van der Waals surface area contributed by atoms with Crippen molar-refractivity contribution in [2.75, 3.05) is 0 Å². The number of hydrogen-bond acceptors (Lipinski definition) is 2. The van der Waals surface area contributed by atoms with Crippen LogP contribution in [0.2, 0.25) is 0 Å². The number of rotatable bonds is 9. The first-order valence-electron chi connectivity index (χ1n) is 6.66. The molecule has 0 spiro atoms. The van der Waals surface area contributed by atoms with Crippen molar-refractivity contribution in [3.63, 3.8) is 0 Å². The van der Waals surface area contributed by atoms with Crippen molar-refractivity contribution in [1.29, 1.82) is 0 Å². The Labute approximate surface area is 111 Å². The highest BCUT2D eigenvalue weighted by atomic mass is 16.5. The Kier molecular flexibility index (Phi) is 8.17. The maximum absolute atomic E-state index is 10.7. The van der Waals surface area contributed by atoms with Crippen LogP contribution in [0.4, 0.5) is 0 Å². The van der Waals surface area contributed by atoms with Crippen LogP contribution in [0.15, 0.2) is 24.0 Å². The summed E-state index contributed by atoms with van der Waals surface area (Å²) in [6, 6.07) is 0. The number of unbranched alkanes of at least 4 members (excludes halogenated alkanes) is 1. The van der Waals surface area contributed by atoms with Gasteiger partial charge in [0.2, 0.25) is 0 Å². The molecule has 104 valence electrons. The highest BCUT2D eigenvalue weighted by Gasteiger charge is 2.23. The van der Waals surface area contributed by atoms with E-state index in [0.717, 1.165) is 31.4 Å². The molecule has 0 aromatic rings. The first kappa shape index (κ1) is 16.8. The zero-order chi connectivity index (χ0) is 14.0. The van der Waals surface area contributed by atoms with Crippen LogP contribution in [0, 0.1) is 0 Å². The SMILES string of the molecule is CC/C=C\CC/C=C(\CC)OC(C)(C)CC(=O)O. The van der Waals surface area contributed by atoms with Crippen molar-refractivity contribution < 1.29 is 14.6 Å². The normalized spacial score (nSPS) is 13.0. The zero-order valence-corrected chi connectivity index (χ0v) is 12.0. The van der Waals surface area contributed by atoms with Gasteiger partial charge < -0.3 is 9.84 Å². The second kappa shape index (κ2) is 8.78. The second-order valence-electron chi connectivity index (χ2n) is 4.91. The monoisotopic (exact) mass is 254 g/mol. The standard InChI is InChI=1S/C15H26O3/c1-5-7-8-9-10-11-13(6-2)18-15(3,4)12-14(16)17/h7-8,11H,5-6,9-10,12H2,1-4H3,(H,16,17)/b8-7-,13-11+. The summed E-state index contributed by atoms with van der Waals surface area (Å²) in [5.74, 6) is 0.0486. The van der Waals surface area contributed by atoms with E-state index in [1.165, 1.54) is 0 Å². The molecule has 0 amide bonds. The fourth-order valence-electron chi connectivity index (χ4n) is 1.64. The molecule has 1 N–H and O–H groups in total. The van der Waals surface area contributed by atoms with Crippen molar-refractivity contribution in [3.8, 4) is 0 Å². The quantitative estimate of drug-likeness (QED) is 0.379. The molecule has 0 aromatic carbocycles. The zero-order valence-electron chi connectivity index (χ0n) is 12.0. The summed E-state index contributed by atoms with van der Waals surface area (Å²) in [6.45, 7) is 7.75. The van der Waals surface area contributed by atoms with Crippen molar-refractivity contribution in [2.45, 2.75) is 65.4 Å². The molecular weight excluding hydrogens is 228 g/mol. The van der Waals surface area contributed by atoms with E-state index in [9.17, 15) is 4.79 Å². The third-order valence-electron chi connectivity index (χ3n) is 2.44. The van der Waals surface area contributed by atoms with Crippen LogP contribution in [0.3, 0.4) is 0 Å². The molecule has 0 aliphatic heterocycles. The van der Waals surface area contributed by atoms with E-state index >= 15 is 0 Å². The molecule has 0 aliphatic carbocycles. The van der Waals surface area contributed by atoms with Gasteiger partial charge in [0.25, 0.3) is 0 Å². The number of allylic oxidation sites excluding steroid dienone is 4. The molecule has 0 radical (unpaired) electrons. The van der Waals surface area contributed by atoms with E-state index in [4.69, 9.17) is 9.84 Å². The van der Waals surface area contributed by atoms with Gasteiger partial charge in [-0.25, -0.2) is 0 Å². The number of carboxylic acids is 1. The van der Waals surface area contributed by atoms with E-state index < -0.39 is 11.6 Å². The minimum absolute atomic E-state index is 0.0140. The van der Waals surface area contributed by atoms with Gasteiger partial charge in [-0.1, -0.05) is 26.0 Å². The maximum atomic E-state index is 10.7. The summed E-state index contributed by atoms with van der Waals surface area (Å²) in [7, 11) is 0. The van der Waals surface area contributed by atoms with Crippen LogP contribution < -0.4 is 0 Å². The third kappa shape index (κ3) is 8.85. The lowest BCUT2D eigenvalue weighted by Crippen LogP contribution is -2.27. The summed E-state index contributed by atoms with van der Waals surface area (Å²) < 4.78 is 5.76. The Hall–Kier alpha value is -1.25. The molecule has 0 atom stereocenters. The Morgan fingerprint density at radius 3 is 2.39 bits per heavy atom. The van der Waals surface area contributed by atoms with E-state index in [2.05, 4.69) is 25.2 Å². The van der Waals surface area contributed by atoms with E-state index in [1.807, 2.05) is 20.8 Å². The van der Waals surface area contributed by atoms with Gasteiger partial charge in [0.05, 0.1) is 12.2 Å². The molecule has 0 aromatic heterocycles. The number of hydrogen-bond donors (Lipinski definition) is 1. The molecule has 0 rings (SSSR count). The highest BCUT2D eigenvalue weighted by molar-refractivity contribution is 5.68. The average molecular weight is 254 g/mol. The molecule has 0 aliphatic rings. The van der Waals surface area contributed by atoms with Crippen molar-refractivity contribution in [1.82, 2.24) is 0 Å². The van der Waals surface area contributed by atoms with Gasteiger partial charge in [-0.2, -0.15) is 0 Å². The van der Waals surface area contributed by atoms with Crippen LogP contribution in [-0.4, -0.2) is 16.7 Å². The first-order valence-corrected chi connectivity index (χ1v) is 6.66. The summed E-state index contributed by atoms with van der Waals surface area (Å²) >= 11 is 0. The first-order chi connectivity index (χ1) is 8.41. The number of carbonyl (C=O) groups is 1.